The van der Waals surface area contributed by atoms with E-state index in [1.807, 2.05) is 6.07 Å². The monoisotopic (exact) mass is 585 g/mol. The maximum atomic E-state index is 13.5. The molecule has 8 nitrogen and oxygen atoms in total. The largest absolute Gasteiger partial charge is 0.478 e. The lowest BCUT2D eigenvalue weighted by Gasteiger charge is -2.55. The van der Waals surface area contributed by atoms with Gasteiger partial charge in [0.2, 0.25) is 5.91 Å². The van der Waals surface area contributed by atoms with Crippen molar-refractivity contribution in [1.29, 1.82) is 0 Å². The van der Waals surface area contributed by atoms with Crippen LogP contribution in [0.5, 0.6) is 0 Å². The Kier molecular flexibility index (Phi) is 9.28. The summed E-state index contributed by atoms with van der Waals surface area (Å²) < 4.78 is 14.5. The number of hydrogen-bond donors (Lipinski definition) is 3. The van der Waals surface area contributed by atoms with E-state index in [0.29, 0.717) is 18.1 Å². The summed E-state index contributed by atoms with van der Waals surface area (Å²) in [7, 11) is 0. The Bertz CT molecular complexity index is 1230. The number of thiophene rings is 1. The molecule has 0 radical (unpaired) electrons. The van der Waals surface area contributed by atoms with Gasteiger partial charge in [-0.05, 0) is 93.9 Å². The summed E-state index contributed by atoms with van der Waals surface area (Å²) in [5.74, 6) is 0.185. The minimum atomic E-state index is -1.26. The maximum absolute atomic E-state index is 13.5. The van der Waals surface area contributed by atoms with Crippen molar-refractivity contribution in [2.24, 2.45) is 23.2 Å². The number of carbonyl (C=O) groups excluding carboxylic acids is 1. The first kappa shape index (κ1) is 29.5. The first-order chi connectivity index (χ1) is 19.7. The van der Waals surface area contributed by atoms with E-state index >= 15 is 0 Å². The van der Waals surface area contributed by atoms with Crippen molar-refractivity contribution in [3.63, 3.8) is 0 Å². The summed E-state index contributed by atoms with van der Waals surface area (Å²) in [6.07, 6.45) is 11.0. The lowest BCUT2D eigenvalue weighted by Crippen LogP contribution is -2.53. The van der Waals surface area contributed by atoms with Gasteiger partial charge in [-0.1, -0.05) is 0 Å². The molecule has 222 valence electrons. The Hall–Kier alpha value is -2.98. The van der Waals surface area contributed by atoms with Gasteiger partial charge >= 0.3 is 11.9 Å². The Balaban J connectivity index is 0.000000372. The van der Waals surface area contributed by atoms with Crippen LogP contribution < -0.4 is 10.2 Å². The van der Waals surface area contributed by atoms with E-state index < -0.39 is 11.9 Å². The third-order valence-electron chi connectivity index (χ3n) is 9.31. The van der Waals surface area contributed by atoms with Crippen molar-refractivity contribution in [2.75, 3.05) is 44.2 Å². The smallest absolute Gasteiger partial charge is 0.328 e. The minimum absolute atomic E-state index is 0.0112. The highest BCUT2D eigenvalue weighted by Crippen LogP contribution is 2.60. The van der Waals surface area contributed by atoms with Crippen LogP contribution in [-0.4, -0.2) is 72.2 Å². The number of unbranched alkanes of at least 4 members (excludes halogenated alkanes) is 1. The number of anilines is 1. The van der Waals surface area contributed by atoms with E-state index in [9.17, 15) is 18.8 Å². The minimum Gasteiger partial charge on any atom is -0.478 e. The third-order valence-corrected chi connectivity index (χ3v) is 10.2. The molecule has 4 aliphatic carbocycles. The zero-order valence-electron chi connectivity index (χ0n) is 23.4. The number of hydrogen-bond acceptors (Lipinski definition) is 6. The average Bonchev–Trinajstić information content (AvgIpc) is 3.34. The van der Waals surface area contributed by atoms with Gasteiger partial charge in [0.25, 0.3) is 0 Å². The molecule has 3 N–H and O–H groups in total. The lowest BCUT2D eigenvalue weighted by atomic mass is 9.49. The standard InChI is InChI=1S/C27H36FN3OS.C4H4O4/c28-22-3-4-23-24(18-33-25(23)14-22)31-9-7-30(8-10-31)6-2-1-5-29-26(32)27-15-19-11-20(16-27)13-21(12-19)17-27;5-3(6)1-2-4(7)8/h3-4,14,18-21H,1-2,5-13,15-17H2,(H,29,32);1-2H,(H,5,6)(H,7,8)/b;2-1-. The Morgan fingerprint density at radius 3 is 2.15 bits per heavy atom. The summed E-state index contributed by atoms with van der Waals surface area (Å²) >= 11 is 1.63. The zero-order valence-corrected chi connectivity index (χ0v) is 24.2. The van der Waals surface area contributed by atoms with E-state index in [4.69, 9.17) is 10.2 Å². The number of amides is 1. The molecule has 10 heteroatoms. The van der Waals surface area contributed by atoms with Crippen LogP contribution in [-0.2, 0) is 14.4 Å². The number of carboxylic acids is 2. The molecule has 2 aromatic rings. The van der Waals surface area contributed by atoms with Crippen LogP contribution in [0.2, 0.25) is 0 Å². The van der Waals surface area contributed by atoms with E-state index in [-0.39, 0.29) is 11.2 Å². The van der Waals surface area contributed by atoms with Crippen LogP contribution in [0.15, 0.2) is 35.7 Å². The number of fused-ring (bicyclic) bond motifs is 1. The molecule has 5 fully saturated rings. The van der Waals surface area contributed by atoms with E-state index in [1.54, 1.807) is 23.5 Å². The number of nitrogens with zero attached hydrogens (tertiary/aromatic N) is 2. The first-order valence-electron chi connectivity index (χ1n) is 14.8. The molecule has 1 aromatic heterocycles. The molecule has 0 spiro atoms. The number of carboxylic acid groups (broad SMARTS) is 2. The lowest BCUT2D eigenvalue weighted by molar-refractivity contribution is -0.146. The third kappa shape index (κ3) is 7.27. The number of rotatable bonds is 9. The van der Waals surface area contributed by atoms with Crippen LogP contribution in [0.3, 0.4) is 0 Å². The highest BCUT2D eigenvalue weighted by atomic mass is 32.1. The number of piperazine rings is 1. The van der Waals surface area contributed by atoms with Gasteiger partial charge in [-0.2, -0.15) is 0 Å². The predicted molar refractivity (Wildman–Crippen MR) is 158 cm³/mol. The van der Waals surface area contributed by atoms with Gasteiger partial charge in [-0.3, -0.25) is 9.69 Å². The zero-order chi connectivity index (χ0) is 29.0. The summed E-state index contributed by atoms with van der Waals surface area (Å²) in [5.41, 5.74) is 1.24. The molecular formula is C31H40FN3O5S. The molecule has 0 unspecified atom stereocenters. The predicted octanol–water partition coefficient (Wildman–Crippen LogP) is 4.99. The molecule has 4 bridgehead atoms. The number of benzene rings is 1. The van der Waals surface area contributed by atoms with Gasteiger partial charge in [-0.25, -0.2) is 14.0 Å². The van der Waals surface area contributed by atoms with Gasteiger partial charge in [0.1, 0.15) is 5.82 Å². The van der Waals surface area contributed by atoms with Gasteiger partial charge in [-0.15, -0.1) is 11.3 Å². The van der Waals surface area contributed by atoms with E-state index in [1.165, 1.54) is 30.3 Å². The average molecular weight is 586 g/mol. The molecule has 2 heterocycles. The summed E-state index contributed by atoms with van der Waals surface area (Å²) in [6.45, 7) is 6.11. The van der Waals surface area contributed by atoms with Crippen molar-refractivity contribution in [3.05, 3.63) is 41.5 Å². The van der Waals surface area contributed by atoms with Gasteiger partial charge in [0.15, 0.2) is 0 Å². The van der Waals surface area contributed by atoms with Crippen LogP contribution in [0, 0.1) is 29.0 Å². The second-order valence-electron chi connectivity index (χ2n) is 12.3. The molecule has 7 rings (SSSR count). The van der Waals surface area contributed by atoms with Crippen LogP contribution in [0.1, 0.15) is 51.4 Å². The highest BCUT2D eigenvalue weighted by molar-refractivity contribution is 7.17. The highest BCUT2D eigenvalue weighted by Gasteiger charge is 2.54. The van der Waals surface area contributed by atoms with Gasteiger partial charge in [0, 0.05) is 65.8 Å². The molecule has 1 amide bonds. The number of nitrogens with one attached hydrogen (secondary N) is 1. The fraction of sp³-hybridized carbons (Fsp3) is 0.581. The normalized spacial score (nSPS) is 27.1. The van der Waals surface area contributed by atoms with E-state index in [0.717, 1.165) is 93.8 Å². The summed E-state index contributed by atoms with van der Waals surface area (Å²) in [5, 5.41) is 22.3. The van der Waals surface area contributed by atoms with Crippen molar-refractivity contribution in [3.8, 4) is 0 Å². The van der Waals surface area contributed by atoms with Crippen molar-refractivity contribution >= 4 is 45.0 Å². The topological polar surface area (TPSA) is 110 Å². The molecule has 1 aromatic carbocycles. The fourth-order valence-corrected chi connectivity index (χ4v) is 8.82. The van der Waals surface area contributed by atoms with Crippen molar-refractivity contribution in [2.45, 2.75) is 51.4 Å². The number of halogens is 1. The molecule has 5 aliphatic rings. The number of aliphatic carboxylic acids is 2. The van der Waals surface area contributed by atoms with Gasteiger partial charge < -0.3 is 20.4 Å². The second-order valence-corrected chi connectivity index (χ2v) is 13.2. The summed E-state index contributed by atoms with van der Waals surface area (Å²) in [4.78, 5) is 37.2. The second kappa shape index (κ2) is 12.9. The Morgan fingerprint density at radius 2 is 1.56 bits per heavy atom. The Morgan fingerprint density at radius 1 is 0.951 bits per heavy atom. The molecule has 41 heavy (non-hydrogen) atoms. The van der Waals surface area contributed by atoms with Crippen LogP contribution in [0.25, 0.3) is 10.1 Å². The molecule has 1 aliphatic heterocycles. The molecule has 4 saturated carbocycles. The molecule has 1 saturated heterocycles. The molecular weight excluding hydrogens is 545 g/mol. The number of carbonyl (C=O) groups is 3. The fourth-order valence-electron chi connectivity index (χ4n) is 7.83. The Labute approximate surface area is 244 Å². The van der Waals surface area contributed by atoms with Gasteiger partial charge in [0.05, 0.1) is 5.69 Å². The maximum Gasteiger partial charge on any atom is 0.328 e. The quantitative estimate of drug-likeness (QED) is 0.281. The molecule has 0 atom stereocenters. The van der Waals surface area contributed by atoms with Crippen molar-refractivity contribution < 1.29 is 29.0 Å². The van der Waals surface area contributed by atoms with E-state index in [2.05, 4.69) is 20.5 Å². The van der Waals surface area contributed by atoms with Crippen LogP contribution in [0.4, 0.5) is 10.1 Å². The van der Waals surface area contributed by atoms with Crippen LogP contribution >= 0.6 is 11.3 Å². The summed E-state index contributed by atoms with van der Waals surface area (Å²) in [6, 6.07) is 5.12. The van der Waals surface area contributed by atoms with Crippen molar-refractivity contribution in [1.82, 2.24) is 10.2 Å². The first-order valence-corrected chi connectivity index (χ1v) is 15.6. The SMILES string of the molecule is O=C(NCCCCN1CCN(c2csc3cc(F)ccc23)CC1)C12CC3CC(CC(C3)C1)C2.O=C(O)/C=C\C(=O)O.